The Labute approximate surface area is 208 Å². The van der Waals surface area contributed by atoms with Crippen LogP contribution < -0.4 is 0 Å². The third kappa shape index (κ3) is 15.0. The molecule has 30 heavy (non-hydrogen) atoms. The van der Waals surface area contributed by atoms with Gasteiger partial charge in [-0.1, -0.05) is 0 Å². The summed E-state index contributed by atoms with van der Waals surface area (Å²) >= 11 is -2.15. The first-order valence-corrected chi connectivity index (χ1v) is 19.3. The molecule has 0 unspecified atom stereocenters. The topological polar surface area (TPSA) is 13.1 Å². The molecule has 0 radical (unpaired) electrons. The number of aryl methyl sites for hydroxylation is 1. The maximum atomic E-state index is 5.13. The average molecular weight is 530 g/mol. The molecule has 0 aliphatic rings. The molecule has 0 N–H and O–H groups in total. The number of rotatable bonds is 16. The third-order valence-corrected chi connectivity index (χ3v) is 19.4. The number of unbranched alkanes of at least 4 members (excludes halogenated alkanes) is 3. The summed E-state index contributed by atoms with van der Waals surface area (Å²) in [6, 6.07) is 2.06. The Morgan fingerprint density at radius 3 is 2.10 bits per heavy atom. The zero-order valence-electron chi connectivity index (χ0n) is 20.6. The fourth-order valence-corrected chi connectivity index (χ4v) is 17.5. The minimum Gasteiger partial charge on any atom is -0.358 e. The molecule has 1 nitrogen and oxygen atoms in total. The second-order valence-corrected chi connectivity index (χ2v) is 21.2. The van der Waals surface area contributed by atoms with Crippen LogP contribution in [0.25, 0.3) is 0 Å². The van der Waals surface area contributed by atoms with Gasteiger partial charge in [0.05, 0.1) is 0 Å². The number of hydrogen-bond acceptors (Lipinski definition) is 1. The van der Waals surface area contributed by atoms with Crippen molar-refractivity contribution >= 4 is 41.4 Å². The van der Waals surface area contributed by atoms with E-state index in [9.17, 15) is 0 Å². The predicted molar refractivity (Wildman–Crippen MR) is 139 cm³/mol. The van der Waals surface area contributed by atoms with Crippen LogP contribution in [0, 0.1) is 13.5 Å². The first-order chi connectivity index (χ1) is 13.7. The molecule has 0 bridgehead atoms. The predicted octanol–water partition coefficient (Wildman–Crippen LogP) is 8.92. The minimum absolute atomic E-state index is 0. The van der Waals surface area contributed by atoms with Crippen LogP contribution in [-0.4, -0.2) is 41.4 Å². The summed E-state index contributed by atoms with van der Waals surface area (Å²) in [4.78, 5) is 0. The normalized spacial score (nSPS) is 12.3. The van der Waals surface area contributed by atoms with Crippen molar-refractivity contribution in [3.05, 3.63) is 65.6 Å². The first-order valence-electron chi connectivity index (χ1n) is 11.6. The summed E-state index contributed by atoms with van der Waals surface area (Å²) in [5, 5.41) is 0. The van der Waals surface area contributed by atoms with Crippen LogP contribution in [0.4, 0.5) is 0 Å². The molecule has 1 rings (SSSR count). The van der Waals surface area contributed by atoms with E-state index < -0.39 is 18.4 Å². The number of furan rings is 1. The zero-order valence-corrected chi connectivity index (χ0v) is 24.9. The Morgan fingerprint density at radius 1 is 1.00 bits per heavy atom. The van der Waals surface area contributed by atoms with Gasteiger partial charge in [-0.25, -0.2) is 0 Å². The molecule has 0 aliphatic heterocycles. The Morgan fingerprint density at radius 2 is 1.60 bits per heavy atom. The van der Waals surface area contributed by atoms with E-state index in [2.05, 4.69) is 62.2 Å². The van der Waals surface area contributed by atoms with Gasteiger partial charge in [-0.2, -0.15) is 0 Å². The van der Waals surface area contributed by atoms with Gasteiger partial charge in [-0.3, -0.25) is 0 Å². The number of allylic oxidation sites excluding steroid dienone is 5. The summed E-state index contributed by atoms with van der Waals surface area (Å²) in [6.07, 6.45) is 25.5. The summed E-state index contributed by atoms with van der Waals surface area (Å²) in [5.74, 6) is 0. The molecule has 0 atom stereocenters. The van der Waals surface area contributed by atoms with Gasteiger partial charge >= 0.3 is 203 Å². The molecule has 1 aromatic rings. The quantitative estimate of drug-likeness (QED) is 0.118. The summed E-state index contributed by atoms with van der Waals surface area (Å²) in [6.45, 7) is 9.24. The fourth-order valence-electron chi connectivity index (χ4n) is 3.76. The molecule has 0 amide bonds. The van der Waals surface area contributed by atoms with Crippen LogP contribution >= 0.6 is 0 Å². The first kappa shape index (κ1) is 32.2. The molecule has 0 saturated carbocycles. The van der Waals surface area contributed by atoms with Gasteiger partial charge in [-0.05, 0) is 0 Å². The molecule has 1 heterocycles. The van der Waals surface area contributed by atoms with E-state index in [1.807, 2.05) is 6.26 Å². The maximum absolute atomic E-state index is 5.13. The molecule has 0 aliphatic carbocycles. The van der Waals surface area contributed by atoms with Crippen LogP contribution in [0.15, 0.2) is 50.9 Å². The van der Waals surface area contributed by atoms with E-state index in [0.717, 1.165) is 12.8 Å². The standard InChI is InChI=1S/C14H16O.3C4H9.CH3.Mg.Sn/c1-3-4-5-7-13(2)8-6-9-14-10-11-15-12-14;3*1-3-4-2;;;/h1,4-5,7,10-12H,6,8-9H2,2H3;3*1,3-4H2,2H3;1H3;;/q-1;;;;-1;+2;/b5-4+,13-7+;;;;;;. The average Bonchev–Trinajstić information content (AvgIpc) is 3.22. The minimum atomic E-state index is -2.15. The molecule has 0 aromatic carbocycles. The Hall–Kier alpha value is 0.0649. The van der Waals surface area contributed by atoms with Crippen LogP contribution in [0.5, 0.6) is 0 Å². The SMILES string of the molecule is CCC[CH2][Sn]([CH]=[C-]/C=C/C=C(\C)CCCc1ccoc1)([CH2]CCC)[CH2]CCC.[CH3-].[Mg+2]. The molecule has 0 spiro atoms. The monoisotopic (exact) mass is 530 g/mol. The number of hydrogen-bond donors (Lipinski definition) is 0. The Kier molecular flexibility index (Phi) is 22.5. The van der Waals surface area contributed by atoms with Crippen LogP contribution in [0.1, 0.15) is 84.6 Å². The molecule has 3 heteroatoms. The zero-order chi connectivity index (χ0) is 20.5. The van der Waals surface area contributed by atoms with E-state index >= 15 is 0 Å². The fraction of sp³-hybridized carbons (Fsp3) is 0.593. The molecule has 166 valence electrons. The maximum Gasteiger partial charge on any atom is 2.00 e. The van der Waals surface area contributed by atoms with E-state index in [0.29, 0.717) is 0 Å². The molecular formula is C27H46MgOSn. The molecule has 0 saturated heterocycles. The van der Waals surface area contributed by atoms with Crippen molar-refractivity contribution in [1.29, 1.82) is 0 Å². The van der Waals surface area contributed by atoms with Gasteiger partial charge in [0.25, 0.3) is 0 Å². The van der Waals surface area contributed by atoms with Crippen molar-refractivity contribution in [3.8, 4) is 0 Å². The van der Waals surface area contributed by atoms with Crippen LogP contribution in [0.3, 0.4) is 0 Å². The van der Waals surface area contributed by atoms with E-state index in [1.54, 1.807) is 6.26 Å². The van der Waals surface area contributed by atoms with Crippen molar-refractivity contribution in [2.45, 2.75) is 98.8 Å². The molecule has 1 aromatic heterocycles. The van der Waals surface area contributed by atoms with Crippen molar-refractivity contribution in [3.63, 3.8) is 0 Å². The third-order valence-electron chi connectivity index (χ3n) is 5.66. The van der Waals surface area contributed by atoms with Crippen LogP contribution in [0.2, 0.25) is 13.3 Å². The second kappa shape index (κ2) is 20.9. The summed E-state index contributed by atoms with van der Waals surface area (Å²) in [5.41, 5.74) is 2.74. The molecular weight excluding hydrogens is 483 g/mol. The van der Waals surface area contributed by atoms with Gasteiger partial charge in [0, 0.05) is 0 Å². The van der Waals surface area contributed by atoms with Crippen molar-refractivity contribution in [2.24, 2.45) is 0 Å². The van der Waals surface area contributed by atoms with Gasteiger partial charge in [0.1, 0.15) is 0 Å². The molecule has 0 fully saturated rings. The Bertz CT molecular complexity index is 550. The smallest absolute Gasteiger partial charge is 0.358 e. The Balaban J connectivity index is 0. The van der Waals surface area contributed by atoms with E-state index in [1.165, 1.54) is 69.4 Å². The van der Waals surface area contributed by atoms with E-state index in [4.69, 9.17) is 4.42 Å². The van der Waals surface area contributed by atoms with Gasteiger partial charge in [-0.15, -0.1) is 0 Å². The summed E-state index contributed by atoms with van der Waals surface area (Å²) < 4.78 is 12.3. The van der Waals surface area contributed by atoms with Crippen LogP contribution in [-0.2, 0) is 6.42 Å². The van der Waals surface area contributed by atoms with Gasteiger partial charge in [0.2, 0.25) is 0 Å². The van der Waals surface area contributed by atoms with Crippen molar-refractivity contribution < 1.29 is 4.42 Å². The van der Waals surface area contributed by atoms with Gasteiger partial charge < -0.3 is 7.43 Å². The second-order valence-electron chi connectivity index (χ2n) is 8.34. The van der Waals surface area contributed by atoms with E-state index in [-0.39, 0.29) is 30.5 Å². The van der Waals surface area contributed by atoms with Gasteiger partial charge in [0.15, 0.2) is 0 Å². The summed E-state index contributed by atoms with van der Waals surface area (Å²) in [7, 11) is 0. The largest absolute Gasteiger partial charge is 2.00 e. The van der Waals surface area contributed by atoms with Crippen molar-refractivity contribution in [2.75, 3.05) is 0 Å². The van der Waals surface area contributed by atoms with Crippen molar-refractivity contribution in [1.82, 2.24) is 0 Å².